The van der Waals surface area contributed by atoms with Crippen molar-refractivity contribution < 1.29 is 29.1 Å². The van der Waals surface area contributed by atoms with Gasteiger partial charge < -0.3 is 31.4 Å². The molecule has 11 heteroatoms. The van der Waals surface area contributed by atoms with E-state index in [-0.39, 0.29) is 30.8 Å². The van der Waals surface area contributed by atoms with Crippen molar-refractivity contribution in [2.75, 3.05) is 11.9 Å². The molecule has 0 unspecified atom stereocenters. The van der Waals surface area contributed by atoms with E-state index in [4.69, 9.17) is 10.8 Å². The zero-order valence-electron chi connectivity index (χ0n) is 28.5. The van der Waals surface area contributed by atoms with E-state index in [9.17, 15) is 24.0 Å². The van der Waals surface area contributed by atoms with E-state index in [2.05, 4.69) is 16.0 Å². The maximum absolute atomic E-state index is 14.1. The van der Waals surface area contributed by atoms with Gasteiger partial charge in [-0.25, -0.2) is 4.79 Å². The van der Waals surface area contributed by atoms with Crippen molar-refractivity contribution in [1.29, 1.82) is 0 Å². The zero-order chi connectivity index (χ0) is 36.0. The van der Waals surface area contributed by atoms with Gasteiger partial charge in [-0.3, -0.25) is 19.2 Å². The van der Waals surface area contributed by atoms with Gasteiger partial charge in [0.25, 0.3) is 5.91 Å². The number of nitrogens with zero attached hydrogens (tertiary/aromatic N) is 1. The smallest absolute Gasteiger partial charge is 0.328 e. The van der Waals surface area contributed by atoms with Crippen molar-refractivity contribution in [3.8, 4) is 11.3 Å². The molecule has 2 aliphatic carbocycles. The predicted octanol–water partition coefficient (Wildman–Crippen LogP) is 5.74. The molecule has 11 nitrogen and oxygen atoms in total. The van der Waals surface area contributed by atoms with Crippen molar-refractivity contribution in [3.05, 3.63) is 95.6 Å². The lowest BCUT2D eigenvalue weighted by Gasteiger charge is -2.29. The van der Waals surface area contributed by atoms with Crippen LogP contribution in [0.2, 0.25) is 0 Å². The number of nitrogens with one attached hydrogen (secondary N) is 3. The SMILES string of the molecule is NC(=O)CNC(=O)Cn1c(-c2ccccc2)c(C2CCCCC2)c2ccc(C(=O)NC3(C(=O)Nc4ccc(C=CC(=O)O)cc4)CCCC3)cc21. The van der Waals surface area contributed by atoms with Crippen LogP contribution in [0.5, 0.6) is 0 Å². The molecule has 3 aromatic carbocycles. The summed E-state index contributed by atoms with van der Waals surface area (Å²) >= 11 is 0. The first kappa shape index (κ1) is 35.1. The van der Waals surface area contributed by atoms with Crippen molar-refractivity contribution in [2.45, 2.75) is 75.8 Å². The maximum Gasteiger partial charge on any atom is 0.328 e. The van der Waals surface area contributed by atoms with Crippen molar-refractivity contribution in [1.82, 2.24) is 15.2 Å². The summed E-state index contributed by atoms with van der Waals surface area (Å²) in [5.41, 5.74) is 9.51. The van der Waals surface area contributed by atoms with Crippen LogP contribution in [0.15, 0.2) is 78.9 Å². The summed E-state index contributed by atoms with van der Waals surface area (Å²) in [5, 5.41) is 18.5. The Labute approximate surface area is 296 Å². The Morgan fingerprint density at radius 1 is 0.882 bits per heavy atom. The monoisotopic (exact) mass is 689 g/mol. The number of anilines is 1. The number of carbonyl (C=O) groups is 5. The number of aromatic nitrogens is 1. The molecule has 0 radical (unpaired) electrons. The van der Waals surface area contributed by atoms with Crippen molar-refractivity contribution in [3.63, 3.8) is 0 Å². The Morgan fingerprint density at radius 2 is 1.59 bits per heavy atom. The number of fused-ring (bicyclic) bond motifs is 1. The molecule has 1 aromatic heterocycles. The summed E-state index contributed by atoms with van der Waals surface area (Å²) in [5.74, 6) is -2.50. The van der Waals surface area contributed by atoms with Gasteiger partial charge in [0.15, 0.2) is 0 Å². The Bertz CT molecular complexity index is 1970. The third kappa shape index (κ3) is 8.03. The third-order valence-electron chi connectivity index (χ3n) is 10.0. The van der Waals surface area contributed by atoms with Gasteiger partial charge in [-0.05, 0) is 78.6 Å². The van der Waals surface area contributed by atoms with E-state index in [1.54, 1.807) is 36.4 Å². The highest BCUT2D eigenvalue weighted by Gasteiger charge is 2.43. The molecule has 0 saturated heterocycles. The summed E-state index contributed by atoms with van der Waals surface area (Å²) in [6.45, 7) is -0.360. The minimum absolute atomic E-state index is 0.0803. The molecule has 0 atom stereocenters. The normalized spacial score (nSPS) is 15.8. The standard InChI is InChI=1S/C40H43N5O6/c41-33(46)24-42-34(47)25-45-32-23-29(16-19-31(32)36(27-9-3-1-4-10-27)37(45)28-11-5-2-6-12-28)38(50)44-40(21-7-8-22-40)39(51)43-30-17-13-26(14-18-30)15-20-35(48)49/h2,5-6,11-20,23,27H,1,3-4,7-10,21-22,24-25H2,(H2,41,46)(H,42,47)(H,43,51)(H,44,50)(H,48,49). The van der Waals surface area contributed by atoms with Crippen molar-refractivity contribution >= 4 is 52.3 Å². The summed E-state index contributed by atoms with van der Waals surface area (Å²) in [7, 11) is 0. The van der Waals surface area contributed by atoms with Crippen LogP contribution >= 0.6 is 0 Å². The first-order chi connectivity index (χ1) is 24.6. The number of hydrogen-bond acceptors (Lipinski definition) is 5. The highest BCUT2D eigenvalue weighted by Crippen LogP contribution is 2.44. The van der Waals surface area contributed by atoms with Crippen LogP contribution in [0.4, 0.5) is 5.69 Å². The van der Waals surface area contributed by atoms with Crippen LogP contribution < -0.4 is 21.7 Å². The van der Waals surface area contributed by atoms with Gasteiger partial charge in [0, 0.05) is 22.7 Å². The molecule has 0 aliphatic heterocycles. The first-order valence-electron chi connectivity index (χ1n) is 17.6. The van der Waals surface area contributed by atoms with Crippen LogP contribution in [0.1, 0.15) is 85.2 Å². The second-order valence-corrected chi connectivity index (χ2v) is 13.5. The molecule has 4 amide bonds. The molecule has 51 heavy (non-hydrogen) atoms. The highest BCUT2D eigenvalue weighted by molar-refractivity contribution is 6.06. The van der Waals surface area contributed by atoms with E-state index in [0.29, 0.717) is 29.7 Å². The number of benzene rings is 3. The summed E-state index contributed by atoms with van der Waals surface area (Å²) in [6.07, 6.45) is 10.5. The number of rotatable bonds is 12. The molecule has 0 spiro atoms. The van der Waals surface area contributed by atoms with Crippen LogP contribution in [-0.4, -0.2) is 51.4 Å². The van der Waals surface area contributed by atoms with Gasteiger partial charge in [-0.2, -0.15) is 0 Å². The van der Waals surface area contributed by atoms with Crippen LogP contribution in [-0.2, 0) is 25.7 Å². The molecule has 6 N–H and O–H groups in total. The lowest BCUT2D eigenvalue weighted by Crippen LogP contribution is -2.55. The largest absolute Gasteiger partial charge is 0.478 e. The van der Waals surface area contributed by atoms with Gasteiger partial charge >= 0.3 is 5.97 Å². The average Bonchev–Trinajstić information content (AvgIpc) is 3.74. The fourth-order valence-corrected chi connectivity index (χ4v) is 7.55. The topological polar surface area (TPSA) is 173 Å². The second-order valence-electron chi connectivity index (χ2n) is 13.5. The third-order valence-corrected chi connectivity index (χ3v) is 10.0. The van der Waals surface area contributed by atoms with E-state index in [1.807, 2.05) is 41.0 Å². The minimum atomic E-state index is -1.12. The zero-order valence-corrected chi connectivity index (χ0v) is 28.5. The quantitative estimate of drug-likeness (QED) is 0.119. The Hall–Kier alpha value is -5.71. The molecule has 2 saturated carbocycles. The molecule has 0 bridgehead atoms. The summed E-state index contributed by atoms with van der Waals surface area (Å²) in [6, 6.07) is 22.3. The predicted molar refractivity (Wildman–Crippen MR) is 196 cm³/mol. The van der Waals surface area contributed by atoms with E-state index in [1.165, 1.54) is 12.5 Å². The molecular formula is C40H43N5O6. The molecule has 4 aromatic rings. The van der Waals surface area contributed by atoms with E-state index < -0.39 is 23.3 Å². The molecular weight excluding hydrogens is 646 g/mol. The van der Waals surface area contributed by atoms with Gasteiger partial charge in [0.05, 0.1) is 17.8 Å². The number of nitrogens with two attached hydrogens (primary N) is 1. The molecule has 2 aliphatic rings. The minimum Gasteiger partial charge on any atom is -0.478 e. The molecule has 6 rings (SSSR count). The van der Waals surface area contributed by atoms with Crippen LogP contribution in [0.3, 0.4) is 0 Å². The second kappa shape index (κ2) is 15.5. The van der Waals surface area contributed by atoms with Crippen molar-refractivity contribution in [2.24, 2.45) is 5.73 Å². The van der Waals surface area contributed by atoms with E-state index in [0.717, 1.165) is 72.3 Å². The van der Waals surface area contributed by atoms with E-state index >= 15 is 0 Å². The summed E-state index contributed by atoms with van der Waals surface area (Å²) < 4.78 is 1.94. The van der Waals surface area contributed by atoms with Gasteiger partial charge in [0.1, 0.15) is 12.1 Å². The Kier molecular flexibility index (Phi) is 10.6. The lowest BCUT2D eigenvalue weighted by molar-refractivity contribution is -0.131. The van der Waals surface area contributed by atoms with Gasteiger partial charge in [-0.15, -0.1) is 0 Å². The highest BCUT2D eigenvalue weighted by atomic mass is 16.4. The van der Waals surface area contributed by atoms with Crippen LogP contribution in [0.25, 0.3) is 28.2 Å². The number of amides is 4. The van der Waals surface area contributed by atoms with Gasteiger partial charge in [-0.1, -0.05) is 80.6 Å². The number of carbonyl (C=O) groups excluding carboxylic acids is 4. The fraction of sp³-hybridized carbons (Fsp3) is 0.325. The fourth-order valence-electron chi connectivity index (χ4n) is 7.55. The Balaban J connectivity index is 1.34. The van der Waals surface area contributed by atoms with Gasteiger partial charge in [0.2, 0.25) is 17.7 Å². The molecule has 264 valence electrons. The summed E-state index contributed by atoms with van der Waals surface area (Å²) in [4.78, 5) is 63.4. The Morgan fingerprint density at radius 3 is 2.25 bits per heavy atom. The number of carboxylic acid groups (broad SMARTS) is 1. The maximum atomic E-state index is 14.1. The average molecular weight is 690 g/mol. The number of carboxylic acids is 1. The van der Waals surface area contributed by atoms with Crippen LogP contribution in [0, 0.1) is 0 Å². The number of aliphatic carboxylic acids is 1. The molecule has 2 fully saturated rings. The lowest BCUT2D eigenvalue weighted by atomic mass is 9.81. The molecule has 1 heterocycles. The number of hydrogen-bond donors (Lipinski definition) is 5. The first-order valence-corrected chi connectivity index (χ1v) is 17.6. The number of primary amides is 1.